The largest absolute Gasteiger partial charge is 0.361 e. The van der Waals surface area contributed by atoms with Crippen molar-refractivity contribution >= 4 is 11.3 Å². The van der Waals surface area contributed by atoms with Crippen molar-refractivity contribution in [1.82, 2.24) is 10.5 Å². The fourth-order valence-electron chi connectivity index (χ4n) is 3.38. The van der Waals surface area contributed by atoms with Crippen molar-refractivity contribution in [3.8, 4) is 0 Å². The van der Waals surface area contributed by atoms with Gasteiger partial charge in [-0.3, -0.25) is 0 Å². The Bertz CT molecular complexity index is 586. The second-order valence-corrected chi connectivity index (χ2v) is 7.32. The van der Waals surface area contributed by atoms with Gasteiger partial charge < -0.3 is 9.84 Å². The standard InChI is InChI=1S/C17H24N2OS/c1-10(16-9-14-7-5-6-8-15(14)21-16)18-11(2)17-12(3)19-20-13(17)4/h9-11,18H,5-8H2,1-4H3. The van der Waals surface area contributed by atoms with Crippen molar-refractivity contribution < 1.29 is 4.52 Å². The second-order valence-electron chi connectivity index (χ2n) is 6.15. The molecule has 0 fully saturated rings. The van der Waals surface area contributed by atoms with Gasteiger partial charge >= 0.3 is 0 Å². The minimum absolute atomic E-state index is 0.255. The van der Waals surface area contributed by atoms with E-state index in [4.69, 9.17) is 4.52 Å². The first-order chi connectivity index (χ1) is 10.1. The van der Waals surface area contributed by atoms with Gasteiger partial charge in [-0.05, 0) is 65.0 Å². The van der Waals surface area contributed by atoms with Gasteiger partial charge in [0.2, 0.25) is 0 Å². The normalized spacial score (nSPS) is 17.5. The van der Waals surface area contributed by atoms with Crippen LogP contribution in [-0.4, -0.2) is 5.16 Å². The number of hydrogen-bond acceptors (Lipinski definition) is 4. The van der Waals surface area contributed by atoms with E-state index in [1.807, 2.05) is 25.2 Å². The first-order valence-corrected chi connectivity index (χ1v) is 8.68. The molecule has 2 heterocycles. The van der Waals surface area contributed by atoms with E-state index in [1.165, 1.54) is 36.1 Å². The van der Waals surface area contributed by atoms with Gasteiger partial charge in [-0.15, -0.1) is 11.3 Å². The molecule has 0 amide bonds. The average Bonchev–Trinajstić information content (AvgIpc) is 3.02. The molecular weight excluding hydrogens is 280 g/mol. The van der Waals surface area contributed by atoms with Crippen LogP contribution in [0, 0.1) is 13.8 Å². The van der Waals surface area contributed by atoms with E-state index in [9.17, 15) is 0 Å². The summed E-state index contributed by atoms with van der Waals surface area (Å²) in [5.74, 6) is 0.921. The lowest BCUT2D eigenvalue weighted by Crippen LogP contribution is -2.22. The molecule has 3 nitrogen and oxygen atoms in total. The summed E-state index contributed by atoms with van der Waals surface area (Å²) in [5, 5.41) is 7.76. The minimum Gasteiger partial charge on any atom is -0.361 e. The maximum absolute atomic E-state index is 5.28. The fraction of sp³-hybridized carbons (Fsp3) is 0.588. The zero-order valence-corrected chi connectivity index (χ0v) is 14.1. The number of aromatic nitrogens is 1. The number of rotatable bonds is 4. The zero-order chi connectivity index (χ0) is 15.0. The number of fused-ring (bicyclic) bond motifs is 1. The molecular formula is C17H24N2OS. The monoisotopic (exact) mass is 304 g/mol. The summed E-state index contributed by atoms with van der Waals surface area (Å²) < 4.78 is 5.28. The van der Waals surface area contributed by atoms with Crippen LogP contribution in [0.1, 0.15) is 71.1 Å². The van der Waals surface area contributed by atoms with Gasteiger partial charge in [0.15, 0.2) is 0 Å². The second kappa shape index (κ2) is 5.93. The van der Waals surface area contributed by atoms with E-state index in [0.29, 0.717) is 6.04 Å². The van der Waals surface area contributed by atoms with Crippen molar-refractivity contribution in [2.45, 2.75) is 65.5 Å². The molecule has 1 N–H and O–H groups in total. The third-order valence-electron chi connectivity index (χ3n) is 4.46. The van der Waals surface area contributed by atoms with Gasteiger partial charge in [0.1, 0.15) is 5.76 Å². The van der Waals surface area contributed by atoms with E-state index in [1.54, 1.807) is 10.4 Å². The first kappa shape index (κ1) is 14.8. The van der Waals surface area contributed by atoms with Crippen LogP contribution in [0.5, 0.6) is 0 Å². The van der Waals surface area contributed by atoms with E-state index < -0.39 is 0 Å². The molecule has 0 bridgehead atoms. The Balaban J connectivity index is 1.74. The summed E-state index contributed by atoms with van der Waals surface area (Å²) in [6, 6.07) is 3.03. The van der Waals surface area contributed by atoms with E-state index in [2.05, 4.69) is 30.4 Å². The Morgan fingerprint density at radius 1 is 1.19 bits per heavy atom. The summed E-state index contributed by atoms with van der Waals surface area (Å²) in [4.78, 5) is 3.07. The summed E-state index contributed by atoms with van der Waals surface area (Å²) >= 11 is 1.99. The molecule has 0 saturated carbocycles. The maximum Gasteiger partial charge on any atom is 0.138 e. The highest BCUT2D eigenvalue weighted by molar-refractivity contribution is 7.12. The van der Waals surface area contributed by atoms with Crippen LogP contribution in [0.3, 0.4) is 0 Å². The molecule has 2 aromatic rings. The number of nitrogens with zero attached hydrogens (tertiary/aromatic N) is 1. The van der Waals surface area contributed by atoms with Crippen LogP contribution in [0.25, 0.3) is 0 Å². The van der Waals surface area contributed by atoms with Crippen LogP contribution in [0.2, 0.25) is 0 Å². The summed E-state index contributed by atoms with van der Waals surface area (Å²) in [6.45, 7) is 8.45. The first-order valence-electron chi connectivity index (χ1n) is 7.86. The Labute approximate surface area is 130 Å². The van der Waals surface area contributed by atoms with Gasteiger partial charge in [-0.1, -0.05) is 5.16 Å². The third kappa shape index (κ3) is 2.92. The number of nitrogens with one attached hydrogen (secondary N) is 1. The highest BCUT2D eigenvalue weighted by Gasteiger charge is 2.21. The van der Waals surface area contributed by atoms with Crippen molar-refractivity contribution in [3.05, 3.63) is 38.4 Å². The predicted octanol–water partition coefficient (Wildman–Crippen LogP) is 4.64. The lowest BCUT2D eigenvalue weighted by molar-refractivity contribution is 0.389. The zero-order valence-electron chi connectivity index (χ0n) is 13.3. The van der Waals surface area contributed by atoms with Crippen LogP contribution < -0.4 is 5.32 Å². The fourth-order valence-corrected chi connectivity index (χ4v) is 4.64. The molecule has 0 spiro atoms. The topological polar surface area (TPSA) is 38.1 Å². The van der Waals surface area contributed by atoms with Crippen molar-refractivity contribution in [2.24, 2.45) is 0 Å². The molecule has 4 heteroatoms. The Hall–Kier alpha value is -1.13. The van der Waals surface area contributed by atoms with Crippen LogP contribution >= 0.6 is 11.3 Å². The van der Waals surface area contributed by atoms with Gasteiger partial charge in [0, 0.05) is 27.4 Å². The predicted molar refractivity (Wildman–Crippen MR) is 86.9 cm³/mol. The molecule has 0 radical (unpaired) electrons. The molecule has 1 aliphatic rings. The number of thiophene rings is 1. The summed E-state index contributed by atoms with van der Waals surface area (Å²) in [7, 11) is 0. The van der Waals surface area contributed by atoms with Gasteiger partial charge in [0.05, 0.1) is 5.69 Å². The number of hydrogen-bond donors (Lipinski definition) is 1. The molecule has 0 aliphatic heterocycles. The summed E-state index contributed by atoms with van der Waals surface area (Å²) in [6.07, 6.45) is 5.23. The Morgan fingerprint density at radius 3 is 2.62 bits per heavy atom. The minimum atomic E-state index is 0.255. The van der Waals surface area contributed by atoms with Crippen molar-refractivity contribution in [2.75, 3.05) is 0 Å². The molecule has 114 valence electrons. The molecule has 2 aromatic heterocycles. The van der Waals surface area contributed by atoms with Crippen LogP contribution in [-0.2, 0) is 12.8 Å². The SMILES string of the molecule is Cc1noc(C)c1C(C)NC(C)c1cc2c(s1)CCCC2. The maximum atomic E-state index is 5.28. The molecule has 0 aromatic carbocycles. The van der Waals surface area contributed by atoms with Gasteiger partial charge in [-0.2, -0.15) is 0 Å². The smallest absolute Gasteiger partial charge is 0.138 e. The van der Waals surface area contributed by atoms with Crippen LogP contribution in [0.15, 0.2) is 10.6 Å². The average molecular weight is 304 g/mol. The molecule has 21 heavy (non-hydrogen) atoms. The molecule has 3 rings (SSSR count). The molecule has 0 saturated heterocycles. The Kier molecular flexibility index (Phi) is 4.18. The molecule has 1 aliphatic carbocycles. The van der Waals surface area contributed by atoms with Crippen LogP contribution in [0.4, 0.5) is 0 Å². The van der Waals surface area contributed by atoms with E-state index >= 15 is 0 Å². The molecule has 2 unspecified atom stereocenters. The number of aryl methyl sites for hydroxylation is 4. The lowest BCUT2D eigenvalue weighted by atomic mass is 9.99. The van der Waals surface area contributed by atoms with Crippen molar-refractivity contribution in [3.63, 3.8) is 0 Å². The lowest BCUT2D eigenvalue weighted by Gasteiger charge is -2.19. The van der Waals surface area contributed by atoms with E-state index in [-0.39, 0.29) is 6.04 Å². The third-order valence-corrected chi connectivity index (χ3v) is 5.88. The quantitative estimate of drug-likeness (QED) is 0.894. The summed E-state index contributed by atoms with van der Waals surface area (Å²) in [5.41, 5.74) is 3.77. The highest BCUT2D eigenvalue weighted by Crippen LogP contribution is 2.34. The van der Waals surface area contributed by atoms with E-state index in [0.717, 1.165) is 11.5 Å². The van der Waals surface area contributed by atoms with Gasteiger partial charge in [0.25, 0.3) is 0 Å². The molecule has 2 atom stereocenters. The van der Waals surface area contributed by atoms with Crippen molar-refractivity contribution in [1.29, 1.82) is 0 Å². The Morgan fingerprint density at radius 2 is 1.95 bits per heavy atom. The van der Waals surface area contributed by atoms with Gasteiger partial charge in [-0.25, -0.2) is 0 Å². The highest BCUT2D eigenvalue weighted by atomic mass is 32.1.